The summed E-state index contributed by atoms with van der Waals surface area (Å²) in [4.78, 5) is 24.0. The second kappa shape index (κ2) is 11.6. The normalized spacial score (nSPS) is 12.8. The summed E-state index contributed by atoms with van der Waals surface area (Å²) in [5.41, 5.74) is 5.07. The number of methoxy groups -OCH3 is 2. The molecule has 4 rings (SSSR count). The maximum atomic E-state index is 12.2. The van der Waals surface area contributed by atoms with Crippen molar-refractivity contribution >= 4 is 23.5 Å². The molecule has 2 aromatic carbocycles. The number of thioether (sulfide) groups is 1. The Kier molecular flexibility index (Phi) is 8.36. The number of anilines is 1. The predicted octanol–water partition coefficient (Wildman–Crippen LogP) is 4.97. The van der Waals surface area contributed by atoms with E-state index in [0.29, 0.717) is 11.6 Å². The average molecular weight is 507 g/mol. The minimum absolute atomic E-state index is 0.00922. The van der Waals surface area contributed by atoms with Crippen LogP contribution < -0.4 is 19.7 Å². The van der Waals surface area contributed by atoms with Crippen LogP contribution in [0.3, 0.4) is 0 Å². The summed E-state index contributed by atoms with van der Waals surface area (Å²) in [6, 6.07) is 14.2. The van der Waals surface area contributed by atoms with Crippen LogP contribution in [0.5, 0.6) is 11.5 Å². The highest BCUT2D eigenvalue weighted by Gasteiger charge is 2.23. The Hall–Kier alpha value is -3.26. The van der Waals surface area contributed by atoms with Gasteiger partial charge in [0, 0.05) is 42.2 Å². The third kappa shape index (κ3) is 6.49. The molecule has 0 saturated heterocycles. The van der Waals surface area contributed by atoms with Gasteiger partial charge >= 0.3 is 0 Å². The molecular formula is C28H34N4O3S. The van der Waals surface area contributed by atoms with Crippen molar-refractivity contribution in [1.82, 2.24) is 15.3 Å². The van der Waals surface area contributed by atoms with Crippen LogP contribution in [0.1, 0.15) is 45.6 Å². The van der Waals surface area contributed by atoms with Gasteiger partial charge in [0.1, 0.15) is 5.82 Å². The summed E-state index contributed by atoms with van der Waals surface area (Å²) in [5, 5.41) is 3.78. The summed E-state index contributed by atoms with van der Waals surface area (Å²) in [6.07, 6.45) is 3.02. The maximum absolute atomic E-state index is 12.2. The van der Waals surface area contributed by atoms with E-state index in [1.165, 1.54) is 5.56 Å². The van der Waals surface area contributed by atoms with Crippen molar-refractivity contribution in [2.45, 2.75) is 50.1 Å². The van der Waals surface area contributed by atoms with Gasteiger partial charge in [-0.15, -0.1) is 0 Å². The van der Waals surface area contributed by atoms with Crippen molar-refractivity contribution in [3.8, 4) is 11.5 Å². The first-order valence-electron chi connectivity index (χ1n) is 12.2. The van der Waals surface area contributed by atoms with Gasteiger partial charge in [-0.05, 0) is 68.5 Å². The number of carbonyl (C=O) groups excluding carboxylic acids is 1. The zero-order valence-corrected chi connectivity index (χ0v) is 22.4. The van der Waals surface area contributed by atoms with Crippen molar-refractivity contribution in [1.29, 1.82) is 0 Å². The molecule has 3 aromatic rings. The van der Waals surface area contributed by atoms with E-state index in [4.69, 9.17) is 19.4 Å². The fraction of sp³-hybridized carbons (Fsp3) is 0.393. The molecule has 7 nitrogen and oxygen atoms in total. The van der Waals surface area contributed by atoms with Gasteiger partial charge in [0.2, 0.25) is 0 Å². The van der Waals surface area contributed by atoms with E-state index in [9.17, 15) is 4.79 Å². The monoisotopic (exact) mass is 506 g/mol. The number of amides is 1. The molecule has 1 fully saturated rings. The number of benzene rings is 2. The molecule has 1 saturated carbocycles. The zero-order chi connectivity index (χ0) is 25.7. The first-order valence-corrected chi connectivity index (χ1v) is 13.2. The second-order valence-corrected chi connectivity index (χ2v) is 10.1. The van der Waals surface area contributed by atoms with Gasteiger partial charge < -0.3 is 19.7 Å². The largest absolute Gasteiger partial charge is 0.493 e. The third-order valence-electron chi connectivity index (χ3n) is 6.39. The number of ether oxygens (including phenoxy) is 2. The molecule has 36 heavy (non-hydrogen) atoms. The van der Waals surface area contributed by atoms with Gasteiger partial charge in [0.25, 0.3) is 5.91 Å². The highest BCUT2D eigenvalue weighted by atomic mass is 32.2. The lowest BCUT2D eigenvalue weighted by molar-refractivity contribution is 0.0951. The van der Waals surface area contributed by atoms with Crippen LogP contribution in [0.2, 0.25) is 0 Å². The number of aromatic nitrogens is 2. The molecule has 0 bridgehead atoms. The molecule has 0 atom stereocenters. The lowest BCUT2D eigenvalue weighted by Gasteiger charge is -2.22. The number of aryl methyl sites for hydroxylation is 1. The lowest BCUT2D eigenvalue weighted by Crippen LogP contribution is -2.25. The summed E-state index contributed by atoms with van der Waals surface area (Å²) in [5.74, 6) is 3.16. The predicted molar refractivity (Wildman–Crippen MR) is 145 cm³/mol. The molecule has 1 amide bonds. The van der Waals surface area contributed by atoms with Gasteiger partial charge in [-0.2, -0.15) is 0 Å². The van der Waals surface area contributed by atoms with E-state index >= 15 is 0 Å². The molecule has 8 heteroatoms. The van der Waals surface area contributed by atoms with Gasteiger partial charge in [-0.1, -0.05) is 30.0 Å². The summed E-state index contributed by atoms with van der Waals surface area (Å²) >= 11 is 1.61. The molecule has 1 aliphatic carbocycles. The fourth-order valence-corrected chi connectivity index (χ4v) is 4.70. The minimum Gasteiger partial charge on any atom is -0.493 e. The van der Waals surface area contributed by atoms with Gasteiger partial charge in [0.05, 0.1) is 14.2 Å². The standard InChI is InChI=1S/C28H34N4O3S/c1-18-19(2)29-28(36-17-21-6-9-22(10-7-21)27(33)30-23-11-12-23)31-26(18)32(3)15-14-20-8-13-24(34-4)25(16-20)35-5/h6-10,13,16,23H,11-12,14-15,17H2,1-5H3,(H,30,33). The second-order valence-electron chi connectivity index (χ2n) is 9.13. The van der Waals surface area contributed by atoms with Crippen molar-refractivity contribution in [3.63, 3.8) is 0 Å². The maximum Gasteiger partial charge on any atom is 0.251 e. The van der Waals surface area contributed by atoms with Crippen LogP contribution in [-0.2, 0) is 12.2 Å². The highest BCUT2D eigenvalue weighted by Crippen LogP contribution is 2.29. The summed E-state index contributed by atoms with van der Waals surface area (Å²) in [6.45, 7) is 4.90. The minimum atomic E-state index is 0.00922. The number of likely N-dealkylation sites (N-methyl/N-ethyl adjacent to an activating group) is 1. The fourth-order valence-electron chi connectivity index (χ4n) is 3.86. The number of carbonyl (C=O) groups is 1. The van der Waals surface area contributed by atoms with Gasteiger partial charge in [0.15, 0.2) is 16.7 Å². The van der Waals surface area contributed by atoms with Crippen LogP contribution in [0.25, 0.3) is 0 Å². The lowest BCUT2D eigenvalue weighted by atomic mass is 10.1. The first kappa shape index (κ1) is 25.8. The summed E-state index contributed by atoms with van der Waals surface area (Å²) in [7, 11) is 5.36. The Morgan fingerprint density at radius 3 is 2.39 bits per heavy atom. The molecule has 1 N–H and O–H groups in total. The average Bonchev–Trinajstić information content (AvgIpc) is 3.71. The smallest absolute Gasteiger partial charge is 0.251 e. The third-order valence-corrected chi connectivity index (χ3v) is 7.30. The Labute approximate surface area is 217 Å². The van der Waals surface area contributed by atoms with E-state index in [0.717, 1.165) is 70.9 Å². The molecular weight excluding hydrogens is 472 g/mol. The van der Waals surface area contributed by atoms with E-state index in [1.807, 2.05) is 43.3 Å². The molecule has 190 valence electrons. The van der Waals surface area contributed by atoms with E-state index in [2.05, 4.69) is 30.3 Å². The highest BCUT2D eigenvalue weighted by molar-refractivity contribution is 7.98. The van der Waals surface area contributed by atoms with Crippen molar-refractivity contribution in [3.05, 3.63) is 70.4 Å². The molecule has 0 unspecified atom stereocenters. The van der Waals surface area contributed by atoms with Crippen LogP contribution in [0.15, 0.2) is 47.6 Å². The quantitative estimate of drug-likeness (QED) is 0.291. The van der Waals surface area contributed by atoms with Crippen LogP contribution in [0, 0.1) is 13.8 Å². The Balaban J connectivity index is 1.38. The molecule has 1 aliphatic rings. The first-order chi connectivity index (χ1) is 17.4. The molecule has 1 heterocycles. The number of hydrogen-bond donors (Lipinski definition) is 1. The van der Waals surface area contributed by atoms with Crippen molar-refractivity contribution < 1.29 is 14.3 Å². The SMILES string of the molecule is COc1ccc(CCN(C)c2nc(SCc3ccc(C(=O)NC4CC4)cc3)nc(C)c2C)cc1OC. The van der Waals surface area contributed by atoms with Crippen molar-refractivity contribution in [2.24, 2.45) is 0 Å². The number of nitrogens with zero attached hydrogens (tertiary/aromatic N) is 3. The van der Waals surface area contributed by atoms with Crippen LogP contribution >= 0.6 is 11.8 Å². The van der Waals surface area contributed by atoms with Gasteiger partial charge in [-0.3, -0.25) is 4.79 Å². The topological polar surface area (TPSA) is 76.6 Å². The zero-order valence-electron chi connectivity index (χ0n) is 21.6. The Morgan fingerprint density at radius 1 is 1.03 bits per heavy atom. The Bertz CT molecular complexity index is 1210. The van der Waals surface area contributed by atoms with Crippen LogP contribution in [-0.4, -0.2) is 49.7 Å². The van der Waals surface area contributed by atoms with E-state index < -0.39 is 0 Å². The van der Waals surface area contributed by atoms with Gasteiger partial charge in [-0.25, -0.2) is 9.97 Å². The Morgan fingerprint density at radius 2 is 1.72 bits per heavy atom. The number of rotatable bonds is 11. The van der Waals surface area contributed by atoms with E-state index in [-0.39, 0.29) is 5.91 Å². The van der Waals surface area contributed by atoms with Crippen LogP contribution in [0.4, 0.5) is 5.82 Å². The summed E-state index contributed by atoms with van der Waals surface area (Å²) < 4.78 is 10.8. The molecule has 0 spiro atoms. The van der Waals surface area contributed by atoms with Crippen molar-refractivity contribution in [2.75, 3.05) is 32.7 Å². The number of hydrogen-bond acceptors (Lipinski definition) is 7. The molecule has 0 radical (unpaired) electrons. The van der Waals surface area contributed by atoms with E-state index in [1.54, 1.807) is 26.0 Å². The molecule has 0 aliphatic heterocycles. The molecule has 1 aromatic heterocycles. The number of nitrogens with one attached hydrogen (secondary N) is 1.